The number of aliphatic hydroxyl groups is 1. The molecule has 1 fully saturated rings. The SMILES string of the molecule is OCC1(Cc2ccncc2Cl)CCOCC1. The van der Waals surface area contributed by atoms with E-state index in [0.717, 1.165) is 38.0 Å². The Kier molecular flexibility index (Phi) is 3.79. The van der Waals surface area contributed by atoms with E-state index in [1.807, 2.05) is 6.07 Å². The van der Waals surface area contributed by atoms with E-state index in [0.29, 0.717) is 5.02 Å². The van der Waals surface area contributed by atoms with E-state index >= 15 is 0 Å². The second kappa shape index (κ2) is 5.13. The second-order valence-corrected chi connectivity index (χ2v) is 4.82. The first-order valence-electron chi connectivity index (χ1n) is 5.53. The second-order valence-electron chi connectivity index (χ2n) is 4.41. The minimum absolute atomic E-state index is 0.0662. The first-order valence-corrected chi connectivity index (χ1v) is 5.91. The molecule has 1 N–H and O–H groups in total. The predicted molar refractivity (Wildman–Crippen MR) is 62.5 cm³/mol. The summed E-state index contributed by atoms with van der Waals surface area (Å²) >= 11 is 6.09. The molecule has 1 aliphatic rings. The lowest BCUT2D eigenvalue weighted by Crippen LogP contribution is -2.35. The van der Waals surface area contributed by atoms with Crippen molar-refractivity contribution in [3.8, 4) is 0 Å². The van der Waals surface area contributed by atoms with Crippen molar-refractivity contribution in [2.45, 2.75) is 19.3 Å². The summed E-state index contributed by atoms with van der Waals surface area (Å²) < 4.78 is 5.34. The van der Waals surface area contributed by atoms with Crippen LogP contribution in [0.25, 0.3) is 0 Å². The third-order valence-electron chi connectivity index (χ3n) is 3.31. The lowest BCUT2D eigenvalue weighted by atomic mass is 9.76. The monoisotopic (exact) mass is 241 g/mol. The number of hydrogen-bond donors (Lipinski definition) is 1. The van der Waals surface area contributed by atoms with Gasteiger partial charge in [0.2, 0.25) is 0 Å². The van der Waals surface area contributed by atoms with Crippen molar-refractivity contribution in [3.63, 3.8) is 0 Å². The van der Waals surface area contributed by atoms with E-state index < -0.39 is 0 Å². The molecule has 0 bridgehead atoms. The van der Waals surface area contributed by atoms with Crippen molar-refractivity contribution in [1.29, 1.82) is 0 Å². The van der Waals surface area contributed by atoms with E-state index in [9.17, 15) is 5.11 Å². The van der Waals surface area contributed by atoms with Crippen molar-refractivity contribution in [3.05, 3.63) is 29.0 Å². The van der Waals surface area contributed by atoms with Gasteiger partial charge < -0.3 is 9.84 Å². The number of halogens is 1. The molecule has 0 amide bonds. The Balaban J connectivity index is 2.15. The normalized spacial score (nSPS) is 19.6. The molecule has 1 aliphatic heterocycles. The highest BCUT2D eigenvalue weighted by atomic mass is 35.5. The molecule has 0 aliphatic carbocycles. The molecular formula is C12H16ClNO2. The summed E-state index contributed by atoms with van der Waals surface area (Å²) in [4.78, 5) is 3.97. The van der Waals surface area contributed by atoms with Crippen LogP contribution in [0.15, 0.2) is 18.5 Å². The number of nitrogens with zero attached hydrogens (tertiary/aromatic N) is 1. The average molecular weight is 242 g/mol. The Morgan fingerprint density at radius 2 is 2.19 bits per heavy atom. The molecule has 1 aromatic rings. The van der Waals surface area contributed by atoms with E-state index in [-0.39, 0.29) is 12.0 Å². The molecule has 3 nitrogen and oxygen atoms in total. The van der Waals surface area contributed by atoms with Crippen LogP contribution in [0.2, 0.25) is 5.02 Å². The molecule has 0 atom stereocenters. The molecule has 2 heterocycles. The fourth-order valence-electron chi connectivity index (χ4n) is 2.15. The number of aromatic nitrogens is 1. The van der Waals surface area contributed by atoms with E-state index in [1.54, 1.807) is 12.4 Å². The Labute approximate surface area is 100 Å². The first kappa shape index (κ1) is 11.8. The van der Waals surface area contributed by atoms with E-state index in [1.165, 1.54) is 0 Å². The third kappa shape index (κ3) is 2.54. The lowest BCUT2D eigenvalue weighted by Gasteiger charge is -2.35. The fourth-order valence-corrected chi connectivity index (χ4v) is 2.33. The van der Waals surface area contributed by atoms with Crippen LogP contribution in [0.1, 0.15) is 18.4 Å². The topological polar surface area (TPSA) is 42.4 Å². The zero-order chi connectivity index (χ0) is 11.4. The number of pyridine rings is 1. The largest absolute Gasteiger partial charge is 0.396 e. The van der Waals surface area contributed by atoms with Crippen molar-refractivity contribution < 1.29 is 9.84 Å². The van der Waals surface area contributed by atoms with Crippen LogP contribution in [-0.4, -0.2) is 29.9 Å². The van der Waals surface area contributed by atoms with Gasteiger partial charge >= 0.3 is 0 Å². The van der Waals surface area contributed by atoms with E-state index in [4.69, 9.17) is 16.3 Å². The summed E-state index contributed by atoms with van der Waals surface area (Å²) in [7, 11) is 0. The molecule has 0 unspecified atom stereocenters. The Bertz CT molecular complexity index is 351. The highest BCUT2D eigenvalue weighted by Gasteiger charge is 2.32. The third-order valence-corrected chi connectivity index (χ3v) is 3.65. The minimum atomic E-state index is -0.0662. The van der Waals surface area contributed by atoms with Gasteiger partial charge in [0.1, 0.15) is 0 Å². The fraction of sp³-hybridized carbons (Fsp3) is 0.583. The molecule has 0 saturated carbocycles. The Hall–Kier alpha value is -0.640. The van der Waals surface area contributed by atoms with Gasteiger partial charge in [-0.2, -0.15) is 0 Å². The molecule has 0 spiro atoms. The minimum Gasteiger partial charge on any atom is -0.396 e. The van der Waals surface area contributed by atoms with Gasteiger partial charge in [0.25, 0.3) is 0 Å². The molecular weight excluding hydrogens is 226 g/mol. The predicted octanol–water partition coefficient (Wildman–Crippen LogP) is 2.07. The maximum atomic E-state index is 9.58. The summed E-state index contributed by atoms with van der Waals surface area (Å²) in [6.45, 7) is 1.64. The van der Waals surface area contributed by atoms with Crippen molar-refractivity contribution in [1.82, 2.24) is 4.98 Å². The van der Waals surface area contributed by atoms with Gasteiger partial charge in [-0.15, -0.1) is 0 Å². The molecule has 88 valence electrons. The van der Waals surface area contributed by atoms with Crippen LogP contribution in [0, 0.1) is 5.41 Å². The maximum Gasteiger partial charge on any atom is 0.0621 e. The summed E-state index contributed by atoms with van der Waals surface area (Å²) in [5.74, 6) is 0. The molecule has 16 heavy (non-hydrogen) atoms. The van der Waals surface area contributed by atoms with Crippen molar-refractivity contribution in [2.75, 3.05) is 19.8 Å². The number of hydrogen-bond acceptors (Lipinski definition) is 3. The average Bonchev–Trinajstić information content (AvgIpc) is 2.33. The Morgan fingerprint density at radius 1 is 1.44 bits per heavy atom. The van der Waals surface area contributed by atoms with Gasteiger partial charge in [0.05, 0.1) is 5.02 Å². The molecule has 1 aromatic heterocycles. The zero-order valence-electron chi connectivity index (χ0n) is 9.16. The first-order chi connectivity index (χ1) is 7.76. The van der Waals surface area contributed by atoms with Crippen LogP contribution in [0.3, 0.4) is 0 Å². The van der Waals surface area contributed by atoms with Gasteiger partial charge in [0, 0.05) is 37.6 Å². The van der Waals surface area contributed by atoms with Gasteiger partial charge in [0.15, 0.2) is 0 Å². The number of aliphatic hydroxyl groups excluding tert-OH is 1. The molecule has 2 rings (SSSR count). The van der Waals surface area contributed by atoms with Crippen LogP contribution in [0.5, 0.6) is 0 Å². The molecule has 4 heteroatoms. The summed E-state index contributed by atoms with van der Waals surface area (Å²) in [5, 5.41) is 10.3. The van der Waals surface area contributed by atoms with Gasteiger partial charge in [-0.1, -0.05) is 11.6 Å². The lowest BCUT2D eigenvalue weighted by molar-refractivity contribution is -0.0157. The van der Waals surface area contributed by atoms with Gasteiger partial charge in [-0.25, -0.2) is 0 Å². The van der Waals surface area contributed by atoms with Crippen molar-refractivity contribution >= 4 is 11.6 Å². The molecule has 0 radical (unpaired) electrons. The summed E-state index contributed by atoms with van der Waals surface area (Å²) in [6, 6.07) is 1.93. The smallest absolute Gasteiger partial charge is 0.0621 e. The van der Waals surface area contributed by atoms with Gasteiger partial charge in [-0.3, -0.25) is 4.98 Å². The summed E-state index contributed by atoms with van der Waals surface area (Å²) in [6.07, 6.45) is 5.98. The maximum absolute atomic E-state index is 9.58. The zero-order valence-corrected chi connectivity index (χ0v) is 9.91. The van der Waals surface area contributed by atoms with E-state index in [2.05, 4.69) is 4.98 Å². The highest BCUT2D eigenvalue weighted by Crippen LogP contribution is 2.35. The van der Waals surface area contributed by atoms with Gasteiger partial charge in [-0.05, 0) is 30.9 Å². The standard InChI is InChI=1S/C12H16ClNO2/c13-11-8-14-4-1-10(11)7-12(9-15)2-5-16-6-3-12/h1,4,8,15H,2-3,5-7,9H2. The van der Waals surface area contributed by atoms with Crippen LogP contribution in [-0.2, 0) is 11.2 Å². The molecule has 0 aromatic carbocycles. The van der Waals surface area contributed by atoms with Crippen LogP contribution < -0.4 is 0 Å². The quantitative estimate of drug-likeness (QED) is 0.881. The van der Waals surface area contributed by atoms with Crippen molar-refractivity contribution in [2.24, 2.45) is 5.41 Å². The van der Waals surface area contributed by atoms with Crippen LogP contribution >= 0.6 is 11.6 Å². The Morgan fingerprint density at radius 3 is 2.81 bits per heavy atom. The summed E-state index contributed by atoms with van der Waals surface area (Å²) in [5.41, 5.74) is 0.996. The van der Waals surface area contributed by atoms with Crippen LogP contribution in [0.4, 0.5) is 0 Å². The highest BCUT2D eigenvalue weighted by molar-refractivity contribution is 6.31. The number of rotatable bonds is 3. The number of ether oxygens (including phenoxy) is 1. The molecule has 1 saturated heterocycles.